The summed E-state index contributed by atoms with van der Waals surface area (Å²) in [5.41, 5.74) is 0. The highest BCUT2D eigenvalue weighted by molar-refractivity contribution is 7.83. The van der Waals surface area contributed by atoms with Gasteiger partial charge in [-0.2, -0.15) is 8.42 Å². The van der Waals surface area contributed by atoms with Crippen molar-refractivity contribution in [2.75, 3.05) is 0 Å². The Morgan fingerprint density at radius 1 is 1.64 bits per heavy atom. The SMILES string of the molecule is Cn1ccnc1.NS(=O)(=O)O. The van der Waals surface area contributed by atoms with Gasteiger partial charge < -0.3 is 4.57 Å². The van der Waals surface area contributed by atoms with Crippen LogP contribution in [0, 0.1) is 0 Å². The van der Waals surface area contributed by atoms with Gasteiger partial charge in [-0.3, -0.25) is 4.55 Å². The molecule has 0 radical (unpaired) electrons. The molecule has 0 saturated heterocycles. The molecule has 0 aliphatic carbocycles. The minimum Gasteiger partial charge on any atom is -0.341 e. The molecule has 0 aliphatic heterocycles. The van der Waals surface area contributed by atoms with Crippen molar-refractivity contribution in [2.45, 2.75) is 0 Å². The van der Waals surface area contributed by atoms with Gasteiger partial charge in [-0.15, -0.1) is 0 Å². The van der Waals surface area contributed by atoms with E-state index in [1.165, 1.54) is 0 Å². The Labute approximate surface area is 64.5 Å². The Morgan fingerprint density at radius 3 is 2.18 bits per heavy atom. The maximum absolute atomic E-state index is 8.97. The molecule has 7 heteroatoms. The van der Waals surface area contributed by atoms with Gasteiger partial charge in [-0.1, -0.05) is 0 Å². The predicted octanol–water partition coefficient (Wildman–Crippen LogP) is -0.832. The summed E-state index contributed by atoms with van der Waals surface area (Å²) in [7, 11) is -2.23. The van der Waals surface area contributed by atoms with Crippen molar-refractivity contribution >= 4 is 10.3 Å². The predicted molar refractivity (Wildman–Crippen MR) is 38.9 cm³/mol. The summed E-state index contributed by atoms with van der Waals surface area (Å²) in [6, 6.07) is 0. The van der Waals surface area contributed by atoms with Crippen LogP contribution in [0.2, 0.25) is 0 Å². The number of hydrogen-bond acceptors (Lipinski definition) is 3. The van der Waals surface area contributed by atoms with Crippen molar-refractivity contribution < 1.29 is 13.0 Å². The number of rotatable bonds is 0. The van der Waals surface area contributed by atoms with Crippen LogP contribution < -0.4 is 5.14 Å². The van der Waals surface area contributed by atoms with E-state index >= 15 is 0 Å². The van der Waals surface area contributed by atoms with Crippen LogP contribution in [0.5, 0.6) is 0 Å². The van der Waals surface area contributed by atoms with E-state index < -0.39 is 10.3 Å². The third-order valence-electron chi connectivity index (χ3n) is 0.637. The van der Waals surface area contributed by atoms with Crippen LogP contribution in [-0.4, -0.2) is 22.5 Å². The highest BCUT2D eigenvalue weighted by Gasteiger charge is 1.81. The highest BCUT2D eigenvalue weighted by Crippen LogP contribution is 1.73. The highest BCUT2D eigenvalue weighted by atomic mass is 32.2. The summed E-state index contributed by atoms with van der Waals surface area (Å²) in [6.07, 6.45) is 5.39. The van der Waals surface area contributed by atoms with Crippen LogP contribution in [0.25, 0.3) is 0 Å². The topological polar surface area (TPSA) is 98.2 Å². The fourth-order valence-corrected chi connectivity index (χ4v) is 0.326. The molecule has 3 N–H and O–H groups in total. The third-order valence-corrected chi connectivity index (χ3v) is 0.637. The number of imidazole rings is 1. The second-order valence-corrected chi connectivity index (χ2v) is 2.77. The summed E-state index contributed by atoms with van der Waals surface area (Å²) in [4.78, 5) is 3.78. The van der Waals surface area contributed by atoms with Gasteiger partial charge in [0.1, 0.15) is 0 Å². The molecule has 0 amide bonds. The second-order valence-electron chi connectivity index (χ2n) is 1.74. The van der Waals surface area contributed by atoms with Crippen LogP contribution in [0.4, 0.5) is 0 Å². The van der Waals surface area contributed by atoms with Gasteiger partial charge in [0.05, 0.1) is 6.33 Å². The van der Waals surface area contributed by atoms with Crippen molar-refractivity contribution in [3.8, 4) is 0 Å². The summed E-state index contributed by atoms with van der Waals surface area (Å²) in [5, 5.41) is 3.88. The first-order valence-corrected chi connectivity index (χ1v) is 4.07. The molecule has 0 bridgehead atoms. The molecule has 1 rings (SSSR count). The van der Waals surface area contributed by atoms with Gasteiger partial charge in [-0.05, 0) is 0 Å². The molecule has 1 aromatic rings. The van der Waals surface area contributed by atoms with Crippen LogP contribution in [-0.2, 0) is 17.4 Å². The van der Waals surface area contributed by atoms with E-state index in [9.17, 15) is 0 Å². The fraction of sp³-hybridized carbons (Fsp3) is 0.250. The fourth-order valence-electron chi connectivity index (χ4n) is 0.326. The molecule has 0 spiro atoms. The van der Waals surface area contributed by atoms with E-state index in [1.54, 1.807) is 12.5 Å². The van der Waals surface area contributed by atoms with Crippen LogP contribution in [0.3, 0.4) is 0 Å². The quantitative estimate of drug-likeness (QED) is 0.508. The second kappa shape index (κ2) is 4.06. The molecular formula is C4H9N3O3S. The largest absolute Gasteiger partial charge is 0.341 e. The number of aromatic nitrogens is 2. The molecule has 0 atom stereocenters. The normalized spacial score (nSPS) is 10.1. The third kappa shape index (κ3) is 12.3. The Bertz CT molecular complexity index is 270. The van der Waals surface area contributed by atoms with E-state index in [-0.39, 0.29) is 0 Å². The molecular weight excluding hydrogens is 170 g/mol. The molecule has 1 heterocycles. The lowest BCUT2D eigenvalue weighted by Gasteiger charge is -1.76. The van der Waals surface area contributed by atoms with Crippen molar-refractivity contribution in [1.29, 1.82) is 0 Å². The van der Waals surface area contributed by atoms with Gasteiger partial charge in [-0.25, -0.2) is 10.1 Å². The molecule has 64 valence electrons. The summed E-state index contributed by atoms with van der Waals surface area (Å²) in [5.74, 6) is 0. The average Bonchev–Trinajstić information content (AvgIpc) is 2.12. The number of aryl methyl sites for hydroxylation is 1. The Kier molecular flexibility index (Phi) is 3.72. The first-order valence-electron chi connectivity index (χ1n) is 2.56. The molecule has 1 aromatic heterocycles. The smallest absolute Gasteiger partial charge is 0.330 e. The number of nitrogens with zero attached hydrogens (tertiary/aromatic N) is 2. The van der Waals surface area contributed by atoms with Gasteiger partial charge >= 0.3 is 10.3 Å². The average molecular weight is 179 g/mol. The van der Waals surface area contributed by atoms with E-state index in [1.807, 2.05) is 17.8 Å². The van der Waals surface area contributed by atoms with Crippen molar-refractivity contribution in [3.05, 3.63) is 18.7 Å². The van der Waals surface area contributed by atoms with E-state index in [4.69, 9.17) is 13.0 Å². The first-order chi connectivity index (χ1) is 4.89. The van der Waals surface area contributed by atoms with Crippen molar-refractivity contribution in [3.63, 3.8) is 0 Å². The maximum atomic E-state index is 8.97. The minimum atomic E-state index is -4.17. The minimum absolute atomic E-state index is 1.75. The molecule has 6 nitrogen and oxygen atoms in total. The maximum Gasteiger partial charge on any atom is 0.330 e. The number of hydrogen-bond donors (Lipinski definition) is 2. The monoisotopic (exact) mass is 179 g/mol. The Hall–Kier alpha value is -0.920. The van der Waals surface area contributed by atoms with Crippen molar-refractivity contribution in [1.82, 2.24) is 9.55 Å². The Balaban J connectivity index is 0.000000187. The number of nitrogens with two attached hydrogens (primary N) is 1. The van der Waals surface area contributed by atoms with Crippen molar-refractivity contribution in [2.24, 2.45) is 12.2 Å². The standard InChI is InChI=1S/C4H6N2.H3NO3S/c1-6-3-2-5-4-6;1-5(2,3)4/h2-4H,1H3;(H3,1,2,3,4). The van der Waals surface area contributed by atoms with Gasteiger partial charge in [0, 0.05) is 19.4 Å². The lowest BCUT2D eigenvalue weighted by Crippen LogP contribution is -2.08. The summed E-state index contributed by atoms with van der Waals surface area (Å²) < 4.78 is 27.1. The zero-order chi connectivity index (χ0) is 8.91. The molecule has 0 aromatic carbocycles. The molecule has 0 aliphatic rings. The molecule has 0 unspecified atom stereocenters. The summed E-state index contributed by atoms with van der Waals surface area (Å²) in [6.45, 7) is 0. The van der Waals surface area contributed by atoms with Crippen LogP contribution in [0.15, 0.2) is 18.7 Å². The molecule has 0 saturated carbocycles. The van der Waals surface area contributed by atoms with E-state index in [0.29, 0.717) is 0 Å². The zero-order valence-electron chi connectivity index (χ0n) is 5.88. The van der Waals surface area contributed by atoms with Crippen LogP contribution >= 0.6 is 0 Å². The zero-order valence-corrected chi connectivity index (χ0v) is 6.69. The molecule has 0 fully saturated rings. The lowest BCUT2D eigenvalue weighted by atomic mass is 10.9. The first kappa shape index (κ1) is 10.1. The van der Waals surface area contributed by atoms with Gasteiger partial charge in [0.2, 0.25) is 0 Å². The van der Waals surface area contributed by atoms with Crippen LogP contribution in [0.1, 0.15) is 0 Å². The van der Waals surface area contributed by atoms with E-state index in [2.05, 4.69) is 10.1 Å². The van der Waals surface area contributed by atoms with Gasteiger partial charge in [0.25, 0.3) is 0 Å². The van der Waals surface area contributed by atoms with Gasteiger partial charge in [0.15, 0.2) is 0 Å². The molecule has 11 heavy (non-hydrogen) atoms. The Morgan fingerprint density at radius 2 is 2.09 bits per heavy atom. The summed E-state index contributed by atoms with van der Waals surface area (Å²) >= 11 is 0. The van der Waals surface area contributed by atoms with E-state index in [0.717, 1.165) is 0 Å². The lowest BCUT2D eigenvalue weighted by molar-refractivity contribution is 0.485.